The fourth-order valence-corrected chi connectivity index (χ4v) is 1.41. The van der Waals surface area contributed by atoms with Crippen molar-refractivity contribution in [3.05, 3.63) is 20.3 Å². The smallest absolute Gasteiger partial charge is 0.107 e. The third-order valence-electron chi connectivity index (χ3n) is 0.402. The first kappa shape index (κ1) is 6.94. The molecule has 1 rings (SSSR count). The Bertz CT molecular complexity index is 63.6. The van der Waals surface area contributed by atoms with Crippen LogP contribution in [0.25, 0.3) is 0 Å². The van der Waals surface area contributed by atoms with Gasteiger partial charge in [-0.3, -0.25) is 0 Å². The van der Waals surface area contributed by atoms with Crippen LogP contribution in [0.2, 0.25) is 0 Å². The van der Waals surface area contributed by atoms with Crippen LogP contribution in [0.1, 0.15) is 0 Å². The zero-order chi connectivity index (χ0) is 3.54. The molecule has 36 valence electrons. The summed E-state index contributed by atoms with van der Waals surface area (Å²) in [6.45, 7) is 0. The molecule has 0 bridgehead atoms. The van der Waals surface area contributed by atoms with E-state index in [9.17, 15) is 0 Å². The van der Waals surface area contributed by atoms with Crippen LogP contribution in [0.15, 0.2) is 20.3 Å². The molecule has 6 heavy (non-hydrogen) atoms. The summed E-state index contributed by atoms with van der Waals surface area (Å²) in [5, 5.41) is 0. The Morgan fingerprint density at radius 2 is 1.50 bits per heavy atom. The Hall–Kier alpha value is 0.940. The normalized spacial score (nSPS) is 16.0. The van der Waals surface area contributed by atoms with Crippen molar-refractivity contribution >= 4 is 24.0 Å². The molecule has 0 fully saturated rings. The van der Waals surface area contributed by atoms with Gasteiger partial charge in [-0.15, -0.1) is 24.0 Å². The Kier molecular flexibility index (Phi) is 4.75. The number of rotatable bonds is 0. The van der Waals surface area contributed by atoms with E-state index in [0.717, 1.165) is 0 Å². The van der Waals surface area contributed by atoms with Gasteiger partial charge in [0.2, 0.25) is 0 Å². The third-order valence-corrected chi connectivity index (χ3v) is 2.06. The van der Waals surface area contributed by atoms with E-state index in [-0.39, 0.29) is 24.0 Å². The molecule has 0 spiro atoms. The largest absolute Gasteiger partial charge is 0.107 e. The van der Waals surface area contributed by atoms with Gasteiger partial charge in [0.1, 0.15) is 0 Å². The van der Waals surface area contributed by atoms with Gasteiger partial charge in [0.05, 0.1) is 0 Å². The predicted octanol–water partition coefficient (Wildman–Crippen LogP) is -1.27. The molecule has 1 aliphatic rings. The van der Waals surface area contributed by atoms with E-state index < -0.39 is 0 Å². The number of hydrogen-bond acceptors (Lipinski definition) is 0. The Morgan fingerprint density at radius 1 is 1.00 bits per heavy atom. The molecule has 1 heterocycles. The van der Waals surface area contributed by atoms with Crippen molar-refractivity contribution in [2.24, 2.45) is 0 Å². The third kappa shape index (κ3) is 2.17. The first-order valence-electron chi connectivity index (χ1n) is 1.44. The van der Waals surface area contributed by atoms with E-state index in [1.165, 1.54) is 0 Å². The zero-order valence-electron chi connectivity index (χ0n) is 3.10. The van der Waals surface area contributed by atoms with Gasteiger partial charge >= 0.3 is 41.5 Å². The number of halogens is 2. The fraction of sp³-hybridized carbons (Fsp3) is 0. The average molecular weight is 307 g/mol. The first-order chi connectivity index (χ1) is 2.50. The molecule has 0 aromatic heterocycles. The van der Waals surface area contributed by atoms with Crippen molar-refractivity contribution in [3.63, 3.8) is 0 Å². The van der Waals surface area contributed by atoms with Crippen LogP contribution >= 0.6 is 24.0 Å². The summed E-state index contributed by atoms with van der Waals surface area (Å²) in [4.78, 5) is 0. The Morgan fingerprint density at radius 3 is 1.67 bits per heavy atom. The van der Waals surface area contributed by atoms with E-state index in [1.54, 1.807) is 0 Å². The van der Waals surface area contributed by atoms with Gasteiger partial charge in [-0.2, -0.15) is 0 Å². The summed E-state index contributed by atoms with van der Waals surface area (Å²) in [7, 11) is 0. The van der Waals surface area contributed by atoms with E-state index in [2.05, 4.69) is 20.3 Å². The quantitative estimate of drug-likeness (QED) is 0.490. The minimum atomic E-state index is 0. The molecule has 0 saturated heterocycles. The monoisotopic (exact) mass is 307 g/mol. The predicted molar refractivity (Wildman–Crippen MR) is 33.7 cm³/mol. The Balaban J connectivity index is 0.000000250. The molecule has 0 radical (unpaired) electrons. The standard InChI is InChI=1S/C4H4I.HI/c1-2-4-5-3-1;/h1-4H;1H/q-1;. The number of hydrogen-bond donors (Lipinski definition) is 0. The van der Waals surface area contributed by atoms with Gasteiger partial charge in [-0.05, 0) is 0 Å². The van der Waals surface area contributed by atoms with Gasteiger partial charge in [0.25, 0.3) is 0 Å². The molecule has 2 heteroatoms. The second-order valence-corrected chi connectivity index (χ2v) is 2.92. The van der Waals surface area contributed by atoms with Gasteiger partial charge in [0.15, 0.2) is 0 Å². The maximum atomic E-state index is 2.24. The topological polar surface area (TPSA) is 0 Å². The van der Waals surface area contributed by atoms with Crippen molar-refractivity contribution in [2.45, 2.75) is 0 Å². The molecule has 0 unspecified atom stereocenters. The maximum Gasteiger partial charge on any atom is -0.107 e. The molecule has 0 aliphatic carbocycles. The summed E-state index contributed by atoms with van der Waals surface area (Å²) in [5.41, 5.74) is 0. The van der Waals surface area contributed by atoms with Crippen molar-refractivity contribution in [1.82, 2.24) is 0 Å². The number of allylic oxidation sites excluding steroid dienone is 2. The first-order valence-corrected chi connectivity index (χ1v) is 3.93. The van der Waals surface area contributed by atoms with Crippen LogP contribution in [-0.2, 0) is 0 Å². The molecule has 0 saturated carbocycles. The van der Waals surface area contributed by atoms with E-state index in [1.807, 2.05) is 0 Å². The summed E-state index contributed by atoms with van der Waals surface area (Å²) >= 11 is 0.381. The molecular formula is C4H5I2-. The average Bonchev–Trinajstić information content (AvgIpc) is 1.76. The Labute approximate surface area is 65.0 Å². The van der Waals surface area contributed by atoms with Crippen LogP contribution in [0, 0.1) is 0 Å². The minimum absolute atomic E-state index is 0. The second-order valence-electron chi connectivity index (χ2n) is 0.763. The van der Waals surface area contributed by atoms with Crippen molar-refractivity contribution in [1.29, 1.82) is 0 Å². The SMILES string of the molecule is C1=C[I-]C=C1.I. The molecule has 1 aliphatic heterocycles. The van der Waals surface area contributed by atoms with E-state index >= 15 is 0 Å². The van der Waals surface area contributed by atoms with E-state index in [4.69, 9.17) is 0 Å². The summed E-state index contributed by atoms with van der Waals surface area (Å²) < 4.78 is 4.47. The molecule has 0 nitrogen and oxygen atoms in total. The summed E-state index contributed by atoms with van der Waals surface area (Å²) in [6.07, 6.45) is 4.21. The molecule has 0 amide bonds. The molecule has 0 aromatic rings. The van der Waals surface area contributed by atoms with Crippen LogP contribution < -0.4 is 21.2 Å². The van der Waals surface area contributed by atoms with Gasteiger partial charge in [-0.1, -0.05) is 0 Å². The van der Waals surface area contributed by atoms with E-state index in [0.29, 0.717) is 21.2 Å². The molecule has 0 atom stereocenters. The molecular weight excluding hydrogens is 302 g/mol. The van der Waals surface area contributed by atoms with Crippen LogP contribution in [0.4, 0.5) is 0 Å². The minimum Gasteiger partial charge on any atom is -0.107 e. The summed E-state index contributed by atoms with van der Waals surface area (Å²) in [6, 6.07) is 0. The molecule has 0 N–H and O–H groups in total. The van der Waals surface area contributed by atoms with Gasteiger partial charge in [0, 0.05) is 0 Å². The van der Waals surface area contributed by atoms with Crippen LogP contribution in [-0.4, -0.2) is 0 Å². The van der Waals surface area contributed by atoms with Crippen LogP contribution in [0.3, 0.4) is 0 Å². The second kappa shape index (κ2) is 4.11. The maximum absolute atomic E-state index is 2.24. The van der Waals surface area contributed by atoms with Crippen LogP contribution in [0.5, 0.6) is 0 Å². The van der Waals surface area contributed by atoms with Crippen molar-refractivity contribution < 1.29 is 21.2 Å². The van der Waals surface area contributed by atoms with Crippen molar-refractivity contribution in [2.75, 3.05) is 0 Å². The summed E-state index contributed by atoms with van der Waals surface area (Å²) in [5.74, 6) is 0. The van der Waals surface area contributed by atoms with Gasteiger partial charge < -0.3 is 0 Å². The molecule has 0 aromatic carbocycles. The van der Waals surface area contributed by atoms with Gasteiger partial charge in [-0.25, -0.2) is 0 Å². The fourth-order valence-electron chi connectivity index (χ4n) is 0.210. The van der Waals surface area contributed by atoms with Crippen molar-refractivity contribution in [3.8, 4) is 0 Å². The zero-order valence-corrected chi connectivity index (χ0v) is 7.58.